The van der Waals surface area contributed by atoms with Crippen LogP contribution in [0, 0.1) is 13.8 Å². The van der Waals surface area contributed by atoms with Crippen molar-refractivity contribution in [3.8, 4) is 0 Å². The van der Waals surface area contributed by atoms with E-state index in [1.165, 1.54) is 4.57 Å². The van der Waals surface area contributed by atoms with Gasteiger partial charge in [-0.3, -0.25) is 18.6 Å². The largest absolute Gasteiger partial charge is 0.457 e. The SMILES string of the molecule is Cc1noc(C)c1CC(=O)OCc1nnc2n(C)c(=O)c3ccccc3n12. The maximum atomic E-state index is 12.4. The Morgan fingerprint density at radius 2 is 2.00 bits per heavy atom. The van der Waals surface area contributed by atoms with Gasteiger partial charge in [-0.2, -0.15) is 0 Å². The molecule has 0 bridgehead atoms. The predicted octanol–water partition coefficient (Wildman–Crippen LogP) is 1.47. The van der Waals surface area contributed by atoms with Gasteiger partial charge in [0.15, 0.2) is 12.4 Å². The topological polar surface area (TPSA) is 105 Å². The van der Waals surface area contributed by atoms with Crippen LogP contribution in [0.2, 0.25) is 0 Å². The monoisotopic (exact) mass is 367 g/mol. The Bertz CT molecular complexity index is 1210. The second kappa shape index (κ2) is 6.35. The summed E-state index contributed by atoms with van der Waals surface area (Å²) in [5.74, 6) is 0.994. The van der Waals surface area contributed by atoms with Crippen molar-refractivity contribution in [2.45, 2.75) is 26.9 Å². The maximum Gasteiger partial charge on any atom is 0.310 e. The van der Waals surface area contributed by atoms with Gasteiger partial charge < -0.3 is 9.26 Å². The highest BCUT2D eigenvalue weighted by Crippen LogP contribution is 2.16. The number of hydrogen-bond donors (Lipinski definition) is 0. The number of aryl methyl sites for hydroxylation is 3. The third-order valence-corrected chi connectivity index (χ3v) is 4.56. The van der Waals surface area contributed by atoms with E-state index in [1.807, 2.05) is 12.1 Å². The minimum absolute atomic E-state index is 0.0639. The minimum atomic E-state index is -0.421. The lowest BCUT2D eigenvalue weighted by atomic mass is 10.1. The summed E-state index contributed by atoms with van der Waals surface area (Å²) in [5.41, 5.74) is 1.89. The highest BCUT2D eigenvalue weighted by Gasteiger charge is 2.18. The van der Waals surface area contributed by atoms with Crippen LogP contribution in [0.5, 0.6) is 0 Å². The van der Waals surface area contributed by atoms with Crippen LogP contribution >= 0.6 is 0 Å². The fourth-order valence-electron chi connectivity index (χ4n) is 3.08. The van der Waals surface area contributed by atoms with Gasteiger partial charge in [0.1, 0.15) is 5.76 Å². The number of ether oxygens (including phenoxy) is 1. The van der Waals surface area contributed by atoms with Crippen LogP contribution in [0.1, 0.15) is 22.8 Å². The van der Waals surface area contributed by atoms with Crippen LogP contribution < -0.4 is 5.56 Å². The molecule has 4 aromatic rings. The number of nitrogens with zero attached hydrogens (tertiary/aromatic N) is 5. The number of esters is 1. The molecule has 3 aromatic heterocycles. The second-order valence-electron chi connectivity index (χ2n) is 6.27. The average Bonchev–Trinajstić information content (AvgIpc) is 3.23. The molecule has 0 N–H and O–H groups in total. The summed E-state index contributed by atoms with van der Waals surface area (Å²) in [6, 6.07) is 7.17. The van der Waals surface area contributed by atoms with E-state index in [2.05, 4.69) is 15.4 Å². The van der Waals surface area contributed by atoms with Crippen LogP contribution in [0.25, 0.3) is 16.7 Å². The first-order valence-corrected chi connectivity index (χ1v) is 8.36. The summed E-state index contributed by atoms with van der Waals surface area (Å²) in [7, 11) is 1.63. The molecule has 3 heterocycles. The van der Waals surface area contributed by atoms with Gasteiger partial charge in [-0.15, -0.1) is 10.2 Å². The molecule has 0 spiro atoms. The number of hydrogen-bond acceptors (Lipinski definition) is 7. The summed E-state index contributed by atoms with van der Waals surface area (Å²) in [5, 5.41) is 12.5. The predicted molar refractivity (Wildman–Crippen MR) is 95.2 cm³/mol. The summed E-state index contributed by atoms with van der Waals surface area (Å²) in [4.78, 5) is 24.7. The van der Waals surface area contributed by atoms with Gasteiger partial charge in [-0.05, 0) is 26.0 Å². The Labute approximate surface area is 153 Å². The zero-order valence-electron chi connectivity index (χ0n) is 15.1. The number of fused-ring (bicyclic) bond motifs is 3. The molecule has 1 aromatic carbocycles. The third kappa shape index (κ3) is 2.77. The number of para-hydroxylation sites is 1. The van der Waals surface area contributed by atoms with E-state index in [1.54, 1.807) is 37.4 Å². The molecule has 0 saturated heterocycles. The van der Waals surface area contributed by atoms with Gasteiger partial charge in [0.25, 0.3) is 5.56 Å². The van der Waals surface area contributed by atoms with Gasteiger partial charge in [0.2, 0.25) is 5.78 Å². The van der Waals surface area contributed by atoms with E-state index in [0.29, 0.717) is 34.0 Å². The Morgan fingerprint density at radius 3 is 2.74 bits per heavy atom. The van der Waals surface area contributed by atoms with Crippen molar-refractivity contribution in [2.75, 3.05) is 0 Å². The number of rotatable bonds is 4. The van der Waals surface area contributed by atoms with Crippen molar-refractivity contribution in [3.63, 3.8) is 0 Å². The molecule has 138 valence electrons. The first-order chi connectivity index (χ1) is 13.0. The molecule has 0 amide bonds. The fourth-order valence-corrected chi connectivity index (χ4v) is 3.08. The summed E-state index contributed by atoms with van der Waals surface area (Å²) in [6.45, 7) is 3.46. The third-order valence-electron chi connectivity index (χ3n) is 4.56. The molecular weight excluding hydrogens is 350 g/mol. The lowest BCUT2D eigenvalue weighted by molar-refractivity contribution is -0.144. The van der Waals surface area contributed by atoms with Gasteiger partial charge in [-0.25, -0.2) is 0 Å². The molecule has 0 unspecified atom stereocenters. The molecule has 0 aliphatic rings. The lowest BCUT2D eigenvalue weighted by Crippen LogP contribution is -2.20. The van der Waals surface area contributed by atoms with E-state index < -0.39 is 5.97 Å². The fraction of sp³-hybridized carbons (Fsp3) is 0.278. The van der Waals surface area contributed by atoms with Crippen LogP contribution in [0.3, 0.4) is 0 Å². The molecule has 0 aliphatic heterocycles. The quantitative estimate of drug-likeness (QED) is 0.503. The van der Waals surface area contributed by atoms with Crippen molar-refractivity contribution in [2.24, 2.45) is 7.05 Å². The molecular formula is C18H17N5O4. The van der Waals surface area contributed by atoms with Gasteiger partial charge in [0, 0.05) is 12.6 Å². The molecule has 4 rings (SSSR count). The zero-order chi connectivity index (χ0) is 19.1. The highest BCUT2D eigenvalue weighted by molar-refractivity contribution is 5.80. The van der Waals surface area contributed by atoms with Crippen molar-refractivity contribution in [3.05, 3.63) is 57.5 Å². The Kier molecular flexibility index (Phi) is 3.98. The van der Waals surface area contributed by atoms with E-state index in [-0.39, 0.29) is 18.6 Å². The van der Waals surface area contributed by atoms with Crippen LogP contribution in [0.4, 0.5) is 0 Å². The van der Waals surface area contributed by atoms with E-state index in [9.17, 15) is 9.59 Å². The van der Waals surface area contributed by atoms with Crippen molar-refractivity contribution in [1.82, 2.24) is 24.3 Å². The van der Waals surface area contributed by atoms with Crippen molar-refractivity contribution < 1.29 is 14.1 Å². The highest BCUT2D eigenvalue weighted by atomic mass is 16.5. The molecule has 0 fully saturated rings. The Morgan fingerprint density at radius 1 is 1.22 bits per heavy atom. The Balaban J connectivity index is 1.65. The first-order valence-electron chi connectivity index (χ1n) is 8.36. The normalized spacial score (nSPS) is 11.4. The summed E-state index contributed by atoms with van der Waals surface area (Å²) in [6.07, 6.45) is 0.0666. The second-order valence-corrected chi connectivity index (χ2v) is 6.27. The lowest BCUT2D eigenvalue weighted by Gasteiger charge is -2.08. The standard InChI is InChI=1S/C18H17N5O4/c1-10-13(11(2)27-21-10)8-16(24)26-9-15-19-20-18-22(3)17(25)12-6-4-5-7-14(12)23(15)18/h4-7H,8-9H2,1-3H3. The smallest absolute Gasteiger partial charge is 0.310 e. The molecule has 0 saturated carbocycles. The van der Waals surface area contributed by atoms with Crippen LogP contribution in [-0.4, -0.2) is 30.3 Å². The van der Waals surface area contributed by atoms with Crippen molar-refractivity contribution in [1.29, 1.82) is 0 Å². The number of benzene rings is 1. The van der Waals surface area contributed by atoms with Gasteiger partial charge in [-0.1, -0.05) is 17.3 Å². The molecule has 0 radical (unpaired) electrons. The summed E-state index contributed by atoms with van der Waals surface area (Å²) < 4.78 is 13.6. The van der Waals surface area contributed by atoms with E-state index in [4.69, 9.17) is 9.26 Å². The minimum Gasteiger partial charge on any atom is -0.457 e. The first kappa shape index (κ1) is 17.0. The van der Waals surface area contributed by atoms with E-state index >= 15 is 0 Å². The number of aromatic nitrogens is 5. The molecule has 0 aliphatic carbocycles. The van der Waals surface area contributed by atoms with Gasteiger partial charge >= 0.3 is 5.97 Å². The molecule has 9 nitrogen and oxygen atoms in total. The molecule has 27 heavy (non-hydrogen) atoms. The molecule has 0 atom stereocenters. The van der Waals surface area contributed by atoms with Gasteiger partial charge in [0.05, 0.1) is 23.0 Å². The number of carbonyl (C=O) groups excluding carboxylic acids is 1. The average molecular weight is 367 g/mol. The van der Waals surface area contributed by atoms with Crippen molar-refractivity contribution >= 4 is 22.6 Å². The number of carbonyl (C=O) groups is 1. The van der Waals surface area contributed by atoms with Crippen LogP contribution in [0.15, 0.2) is 33.6 Å². The molecule has 9 heteroatoms. The summed E-state index contributed by atoms with van der Waals surface area (Å²) >= 11 is 0. The zero-order valence-corrected chi connectivity index (χ0v) is 15.1. The Hall–Kier alpha value is -3.49. The van der Waals surface area contributed by atoms with Crippen LogP contribution in [-0.2, 0) is 29.6 Å². The van der Waals surface area contributed by atoms with E-state index in [0.717, 1.165) is 5.56 Å². The maximum absolute atomic E-state index is 12.4.